The number of likely N-dealkylation sites (tertiary alicyclic amines) is 1. The zero-order valence-electron chi connectivity index (χ0n) is 10.8. The molecule has 1 saturated heterocycles. The van der Waals surface area contributed by atoms with E-state index >= 15 is 0 Å². The average Bonchev–Trinajstić information content (AvgIpc) is 2.13. The van der Waals surface area contributed by atoms with Gasteiger partial charge >= 0.3 is 12.3 Å². The molecule has 0 spiro atoms. The molecule has 106 valence electrons. The summed E-state index contributed by atoms with van der Waals surface area (Å²) in [4.78, 5) is 12.7. The first kappa shape index (κ1) is 15.1. The lowest BCUT2D eigenvalue weighted by atomic mass is 9.89. The van der Waals surface area contributed by atoms with Gasteiger partial charge in [0.25, 0.3) is 0 Å². The third-order valence-corrected chi connectivity index (χ3v) is 2.74. The monoisotopic (exact) mass is 268 g/mol. The van der Waals surface area contributed by atoms with E-state index in [0.717, 1.165) is 4.90 Å². The van der Waals surface area contributed by atoms with Crippen LogP contribution in [0.2, 0.25) is 0 Å². The molecule has 7 heteroatoms. The minimum atomic E-state index is -4.52. The Kier molecular flexibility index (Phi) is 3.86. The summed E-state index contributed by atoms with van der Waals surface area (Å²) in [6.07, 6.45) is -5.22. The van der Waals surface area contributed by atoms with E-state index in [9.17, 15) is 18.0 Å². The smallest absolute Gasteiger partial charge is 0.410 e. The molecule has 1 amide bonds. The van der Waals surface area contributed by atoms with Crippen LogP contribution in [0.3, 0.4) is 0 Å². The maximum absolute atomic E-state index is 12.8. The lowest BCUT2D eigenvalue weighted by Gasteiger charge is -2.41. The van der Waals surface area contributed by atoms with Crippen LogP contribution in [0.1, 0.15) is 33.6 Å². The van der Waals surface area contributed by atoms with Gasteiger partial charge in [-0.15, -0.1) is 0 Å². The van der Waals surface area contributed by atoms with Crippen LogP contribution in [-0.2, 0) is 4.74 Å². The van der Waals surface area contributed by atoms with Gasteiger partial charge in [0.15, 0.2) is 0 Å². The standard InChI is InChI=1S/C11H19F3N2O2/c1-9(2,3)18-8(17)16-6-4-5-10(15,7-16)11(12,13)14/h4-7,15H2,1-3H3/t10-/m1/s1. The quantitative estimate of drug-likeness (QED) is 0.733. The fourth-order valence-electron chi connectivity index (χ4n) is 1.80. The summed E-state index contributed by atoms with van der Waals surface area (Å²) in [5.41, 5.74) is 2.29. The van der Waals surface area contributed by atoms with Crippen LogP contribution in [-0.4, -0.2) is 41.4 Å². The normalized spacial score (nSPS) is 26.1. The third kappa shape index (κ3) is 3.51. The number of carbonyl (C=O) groups excluding carboxylic acids is 1. The lowest BCUT2D eigenvalue weighted by Crippen LogP contribution is -2.64. The van der Waals surface area contributed by atoms with Crippen molar-refractivity contribution in [3.8, 4) is 0 Å². The number of rotatable bonds is 0. The minimum Gasteiger partial charge on any atom is -0.444 e. The van der Waals surface area contributed by atoms with Crippen molar-refractivity contribution in [1.82, 2.24) is 4.90 Å². The molecular weight excluding hydrogens is 249 g/mol. The van der Waals surface area contributed by atoms with E-state index in [1.165, 1.54) is 0 Å². The summed E-state index contributed by atoms with van der Waals surface area (Å²) in [6, 6.07) is 0. The molecule has 0 aromatic carbocycles. The van der Waals surface area contributed by atoms with Crippen LogP contribution in [0, 0.1) is 0 Å². The summed E-state index contributed by atoms with van der Waals surface area (Å²) in [7, 11) is 0. The van der Waals surface area contributed by atoms with Gasteiger partial charge in [0.2, 0.25) is 0 Å². The van der Waals surface area contributed by atoms with E-state index in [-0.39, 0.29) is 19.4 Å². The van der Waals surface area contributed by atoms with Gasteiger partial charge < -0.3 is 15.4 Å². The van der Waals surface area contributed by atoms with Gasteiger partial charge in [0, 0.05) is 6.54 Å². The molecular formula is C11H19F3N2O2. The Morgan fingerprint density at radius 3 is 2.33 bits per heavy atom. The highest BCUT2D eigenvalue weighted by Gasteiger charge is 2.54. The van der Waals surface area contributed by atoms with Gasteiger partial charge in [-0.25, -0.2) is 4.79 Å². The first-order chi connectivity index (χ1) is 7.95. The van der Waals surface area contributed by atoms with Crippen molar-refractivity contribution in [1.29, 1.82) is 0 Å². The van der Waals surface area contributed by atoms with Crippen molar-refractivity contribution in [2.45, 2.75) is 50.9 Å². The maximum atomic E-state index is 12.8. The first-order valence-electron chi connectivity index (χ1n) is 5.78. The molecule has 1 rings (SSSR count). The summed E-state index contributed by atoms with van der Waals surface area (Å²) in [6.45, 7) is 4.67. The second kappa shape index (κ2) is 4.60. The average molecular weight is 268 g/mol. The minimum absolute atomic E-state index is 0.171. The predicted octanol–water partition coefficient (Wildman–Crippen LogP) is 2.28. The Bertz CT molecular complexity index is 325. The van der Waals surface area contributed by atoms with Crippen molar-refractivity contribution in [2.24, 2.45) is 5.73 Å². The number of amides is 1. The highest BCUT2D eigenvalue weighted by atomic mass is 19.4. The van der Waals surface area contributed by atoms with E-state index in [1.807, 2.05) is 0 Å². The van der Waals surface area contributed by atoms with Crippen molar-refractivity contribution in [2.75, 3.05) is 13.1 Å². The van der Waals surface area contributed by atoms with E-state index in [4.69, 9.17) is 10.5 Å². The molecule has 1 aliphatic heterocycles. The molecule has 1 heterocycles. The molecule has 1 aliphatic rings. The van der Waals surface area contributed by atoms with Crippen LogP contribution in [0.4, 0.5) is 18.0 Å². The van der Waals surface area contributed by atoms with Crippen LogP contribution < -0.4 is 5.73 Å². The van der Waals surface area contributed by atoms with Gasteiger partial charge in [0.05, 0.1) is 6.54 Å². The number of hydrogen-bond donors (Lipinski definition) is 1. The number of alkyl halides is 3. The van der Waals surface area contributed by atoms with Crippen LogP contribution >= 0.6 is 0 Å². The van der Waals surface area contributed by atoms with E-state index in [1.54, 1.807) is 20.8 Å². The molecule has 0 aliphatic carbocycles. The maximum Gasteiger partial charge on any atom is 0.410 e. The summed E-state index contributed by atoms with van der Waals surface area (Å²) >= 11 is 0. The molecule has 18 heavy (non-hydrogen) atoms. The van der Waals surface area contributed by atoms with Crippen LogP contribution in [0.15, 0.2) is 0 Å². The van der Waals surface area contributed by atoms with Gasteiger partial charge in [0.1, 0.15) is 11.1 Å². The third-order valence-electron chi connectivity index (χ3n) is 2.74. The van der Waals surface area contributed by atoms with Gasteiger partial charge in [-0.1, -0.05) is 0 Å². The van der Waals surface area contributed by atoms with Crippen LogP contribution in [0.25, 0.3) is 0 Å². The highest BCUT2D eigenvalue weighted by molar-refractivity contribution is 5.68. The Balaban J connectivity index is 2.73. The molecule has 0 aromatic heterocycles. The Morgan fingerprint density at radius 1 is 1.33 bits per heavy atom. The summed E-state index contributed by atoms with van der Waals surface area (Å²) in [5, 5.41) is 0. The number of piperidine rings is 1. The van der Waals surface area contributed by atoms with E-state index in [0.29, 0.717) is 0 Å². The van der Waals surface area contributed by atoms with Crippen molar-refractivity contribution in [3.05, 3.63) is 0 Å². The second-order valence-electron chi connectivity index (χ2n) is 5.66. The van der Waals surface area contributed by atoms with Crippen molar-refractivity contribution >= 4 is 6.09 Å². The lowest BCUT2D eigenvalue weighted by molar-refractivity contribution is -0.197. The zero-order chi connectivity index (χ0) is 14.2. The first-order valence-corrected chi connectivity index (χ1v) is 5.78. The molecule has 0 saturated carbocycles. The van der Waals surface area contributed by atoms with Crippen molar-refractivity contribution < 1.29 is 22.7 Å². The zero-order valence-corrected chi connectivity index (χ0v) is 10.8. The number of nitrogens with two attached hydrogens (primary N) is 1. The summed E-state index contributed by atoms with van der Waals surface area (Å²) in [5.74, 6) is 0. The number of ether oxygens (including phenoxy) is 1. The SMILES string of the molecule is CC(C)(C)OC(=O)N1CCC[C@](N)(C(F)(F)F)C1. The number of nitrogens with zero attached hydrogens (tertiary/aromatic N) is 1. The number of hydrogen-bond acceptors (Lipinski definition) is 3. The molecule has 0 bridgehead atoms. The van der Waals surface area contributed by atoms with Gasteiger partial charge in [-0.3, -0.25) is 0 Å². The topological polar surface area (TPSA) is 55.6 Å². The second-order valence-corrected chi connectivity index (χ2v) is 5.66. The Labute approximate surface area is 104 Å². The Morgan fingerprint density at radius 2 is 1.89 bits per heavy atom. The number of carbonyl (C=O) groups is 1. The van der Waals surface area contributed by atoms with E-state index < -0.39 is 30.0 Å². The number of halogens is 3. The molecule has 0 radical (unpaired) electrons. The predicted molar refractivity (Wildman–Crippen MR) is 60.0 cm³/mol. The molecule has 1 atom stereocenters. The fourth-order valence-corrected chi connectivity index (χ4v) is 1.80. The molecule has 2 N–H and O–H groups in total. The molecule has 1 fully saturated rings. The van der Waals surface area contributed by atoms with Crippen LogP contribution in [0.5, 0.6) is 0 Å². The molecule has 4 nitrogen and oxygen atoms in total. The highest BCUT2D eigenvalue weighted by Crippen LogP contribution is 2.35. The Hall–Kier alpha value is -0.980. The van der Waals surface area contributed by atoms with E-state index in [2.05, 4.69) is 0 Å². The largest absolute Gasteiger partial charge is 0.444 e. The molecule has 0 aromatic rings. The fraction of sp³-hybridized carbons (Fsp3) is 0.909. The molecule has 0 unspecified atom stereocenters. The van der Waals surface area contributed by atoms with Crippen molar-refractivity contribution in [3.63, 3.8) is 0 Å². The van der Waals surface area contributed by atoms with Gasteiger partial charge in [-0.2, -0.15) is 13.2 Å². The van der Waals surface area contributed by atoms with Gasteiger partial charge in [-0.05, 0) is 33.6 Å². The summed E-state index contributed by atoms with van der Waals surface area (Å²) < 4.78 is 43.4.